The van der Waals surface area contributed by atoms with Gasteiger partial charge >= 0.3 is 0 Å². The molecule has 1 aromatic heterocycles. The molecule has 0 spiro atoms. The second kappa shape index (κ2) is 11.4. The molecule has 1 aromatic carbocycles. The summed E-state index contributed by atoms with van der Waals surface area (Å²) < 4.78 is 11.4. The number of rotatable bonds is 13. The number of methoxy groups -OCH3 is 1. The van der Waals surface area contributed by atoms with Crippen molar-refractivity contribution in [3.05, 3.63) is 59.0 Å². The maximum absolute atomic E-state index is 11.0. The SMILES string of the molecule is CCCC(O)(CCC)c1ccc(CN(CCCOC)Cc2cccc(C)c2)o1. The van der Waals surface area contributed by atoms with E-state index in [2.05, 4.69) is 49.9 Å². The lowest BCUT2D eigenvalue weighted by Crippen LogP contribution is -2.25. The summed E-state index contributed by atoms with van der Waals surface area (Å²) in [6.07, 6.45) is 4.31. The van der Waals surface area contributed by atoms with Crippen molar-refractivity contribution in [3.8, 4) is 0 Å². The zero-order valence-electron chi connectivity index (χ0n) is 18.0. The van der Waals surface area contributed by atoms with Crippen molar-refractivity contribution in [2.45, 2.75) is 71.6 Å². The molecule has 0 unspecified atom stereocenters. The average Bonchev–Trinajstić information content (AvgIpc) is 3.12. The second-order valence-corrected chi connectivity index (χ2v) is 7.84. The van der Waals surface area contributed by atoms with Gasteiger partial charge in [-0.25, -0.2) is 0 Å². The highest BCUT2D eigenvalue weighted by atomic mass is 16.5. The Kier molecular flexibility index (Phi) is 9.23. The first-order valence-corrected chi connectivity index (χ1v) is 10.6. The van der Waals surface area contributed by atoms with Gasteiger partial charge in [-0.15, -0.1) is 0 Å². The molecule has 0 bridgehead atoms. The zero-order chi connectivity index (χ0) is 20.4. The maximum Gasteiger partial charge on any atom is 0.135 e. The third-order valence-electron chi connectivity index (χ3n) is 5.14. The second-order valence-electron chi connectivity index (χ2n) is 7.84. The van der Waals surface area contributed by atoms with Crippen LogP contribution in [0.5, 0.6) is 0 Å². The lowest BCUT2D eigenvalue weighted by Gasteiger charge is -2.25. The normalized spacial score (nSPS) is 12.1. The smallest absolute Gasteiger partial charge is 0.135 e. The van der Waals surface area contributed by atoms with Crippen LogP contribution in [0, 0.1) is 6.92 Å². The summed E-state index contributed by atoms with van der Waals surface area (Å²) in [5.41, 5.74) is 1.73. The van der Waals surface area contributed by atoms with E-state index in [4.69, 9.17) is 9.15 Å². The topological polar surface area (TPSA) is 45.8 Å². The van der Waals surface area contributed by atoms with Crippen molar-refractivity contribution in [2.75, 3.05) is 20.3 Å². The summed E-state index contributed by atoms with van der Waals surface area (Å²) in [6, 6.07) is 12.6. The molecule has 0 saturated carbocycles. The molecule has 0 aliphatic carbocycles. The molecule has 0 fully saturated rings. The third-order valence-corrected chi connectivity index (χ3v) is 5.14. The molecule has 0 atom stereocenters. The average molecular weight is 388 g/mol. The molecule has 1 heterocycles. The molecule has 0 aliphatic heterocycles. The van der Waals surface area contributed by atoms with Crippen LogP contribution in [0.25, 0.3) is 0 Å². The number of hydrogen-bond donors (Lipinski definition) is 1. The number of furan rings is 1. The Morgan fingerprint density at radius 3 is 2.46 bits per heavy atom. The van der Waals surface area contributed by atoms with E-state index < -0.39 is 5.60 Å². The predicted molar refractivity (Wildman–Crippen MR) is 114 cm³/mol. The van der Waals surface area contributed by atoms with Gasteiger partial charge in [0.15, 0.2) is 0 Å². The van der Waals surface area contributed by atoms with Crippen molar-refractivity contribution in [2.24, 2.45) is 0 Å². The number of aryl methyl sites for hydroxylation is 1. The van der Waals surface area contributed by atoms with Gasteiger partial charge in [0.1, 0.15) is 17.1 Å². The Hall–Kier alpha value is -1.62. The molecule has 28 heavy (non-hydrogen) atoms. The van der Waals surface area contributed by atoms with Gasteiger partial charge in [0, 0.05) is 26.8 Å². The summed E-state index contributed by atoms with van der Waals surface area (Å²) in [6.45, 7) is 9.61. The summed E-state index contributed by atoms with van der Waals surface area (Å²) in [5.74, 6) is 1.62. The first-order chi connectivity index (χ1) is 13.5. The van der Waals surface area contributed by atoms with Crippen molar-refractivity contribution in [1.82, 2.24) is 4.90 Å². The number of nitrogens with zero attached hydrogens (tertiary/aromatic N) is 1. The molecule has 2 aromatic rings. The predicted octanol–water partition coefficient (Wildman–Crippen LogP) is 5.41. The minimum Gasteiger partial charge on any atom is -0.462 e. The Morgan fingerprint density at radius 2 is 1.82 bits per heavy atom. The monoisotopic (exact) mass is 387 g/mol. The molecule has 0 amide bonds. The quantitative estimate of drug-likeness (QED) is 0.467. The molecule has 2 rings (SSSR count). The first-order valence-electron chi connectivity index (χ1n) is 10.6. The Bertz CT molecular complexity index is 689. The molecular weight excluding hydrogens is 350 g/mol. The number of ether oxygens (including phenoxy) is 1. The number of hydrogen-bond acceptors (Lipinski definition) is 4. The van der Waals surface area contributed by atoms with E-state index in [0.29, 0.717) is 5.76 Å². The van der Waals surface area contributed by atoms with Crippen LogP contribution in [0.4, 0.5) is 0 Å². The van der Waals surface area contributed by atoms with Gasteiger partial charge in [0.25, 0.3) is 0 Å². The highest BCUT2D eigenvalue weighted by Gasteiger charge is 2.31. The first kappa shape index (κ1) is 22.7. The van der Waals surface area contributed by atoms with E-state index in [1.165, 1.54) is 11.1 Å². The van der Waals surface area contributed by atoms with E-state index in [0.717, 1.165) is 64.1 Å². The molecule has 156 valence electrons. The van der Waals surface area contributed by atoms with Gasteiger partial charge in [0.05, 0.1) is 6.54 Å². The third kappa shape index (κ3) is 6.77. The van der Waals surface area contributed by atoms with Gasteiger partial charge in [-0.05, 0) is 43.9 Å². The fourth-order valence-electron chi connectivity index (χ4n) is 3.85. The van der Waals surface area contributed by atoms with Crippen LogP contribution in [0.2, 0.25) is 0 Å². The van der Waals surface area contributed by atoms with Gasteiger partial charge in [-0.2, -0.15) is 0 Å². The molecule has 1 N–H and O–H groups in total. The van der Waals surface area contributed by atoms with Gasteiger partial charge in [-0.3, -0.25) is 4.90 Å². The van der Waals surface area contributed by atoms with Crippen LogP contribution in [0.3, 0.4) is 0 Å². The zero-order valence-corrected chi connectivity index (χ0v) is 18.0. The molecule has 4 heteroatoms. The maximum atomic E-state index is 11.0. The number of benzene rings is 1. The summed E-state index contributed by atoms with van der Waals surface area (Å²) in [4.78, 5) is 2.38. The van der Waals surface area contributed by atoms with Crippen LogP contribution in [-0.4, -0.2) is 30.3 Å². The summed E-state index contributed by atoms with van der Waals surface area (Å²) in [7, 11) is 1.74. The molecular formula is C24H37NO3. The Balaban J connectivity index is 2.11. The summed E-state index contributed by atoms with van der Waals surface area (Å²) in [5, 5.41) is 11.0. The van der Waals surface area contributed by atoms with Gasteiger partial charge in [-0.1, -0.05) is 56.5 Å². The molecule has 0 aliphatic rings. The highest BCUT2D eigenvalue weighted by molar-refractivity contribution is 5.22. The van der Waals surface area contributed by atoms with Crippen molar-refractivity contribution < 1.29 is 14.3 Å². The van der Waals surface area contributed by atoms with E-state index in [1.54, 1.807) is 7.11 Å². The molecule has 0 radical (unpaired) electrons. The van der Waals surface area contributed by atoms with Crippen LogP contribution in [0.1, 0.15) is 68.6 Å². The van der Waals surface area contributed by atoms with Crippen molar-refractivity contribution >= 4 is 0 Å². The largest absolute Gasteiger partial charge is 0.462 e. The fourth-order valence-corrected chi connectivity index (χ4v) is 3.85. The van der Waals surface area contributed by atoms with Gasteiger partial charge < -0.3 is 14.3 Å². The highest BCUT2D eigenvalue weighted by Crippen LogP contribution is 2.33. The standard InChI is InChI=1S/C24H37NO3/c1-5-13-24(26,14-6-2)23-12-11-22(28-23)19-25(15-8-16-27-4)18-21-10-7-9-20(3)17-21/h7,9-12,17,26H,5-6,8,13-16,18-19H2,1-4H3. The van der Waals surface area contributed by atoms with Crippen molar-refractivity contribution in [3.63, 3.8) is 0 Å². The minimum absolute atomic E-state index is 0.707. The van der Waals surface area contributed by atoms with Gasteiger partial charge in [0.2, 0.25) is 0 Å². The minimum atomic E-state index is -0.848. The summed E-state index contributed by atoms with van der Waals surface area (Å²) >= 11 is 0. The number of aliphatic hydroxyl groups is 1. The molecule has 0 saturated heterocycles. The lowest BCUT2D eigenvalue weighted by atomic mass is 9.90. The van der Waals surface area contributed by atoms with E-state index >= 15 is 0 Å². The van der Waals surface area contributed by atoms with Crippen LogP contribution < -0.4 is 0 Å². The van der Waals surface area contributed by atoms with Crippen LogP contribution in [0.15, 0.2) is 40.8 Å². The van der Waals surface area contributed by atoms with E-state index in [-0.39, 0.29) is 0 Å². The Labute approximate surface area is 170 Å². The van der Waals surface area contributed by atoms with Crippen molar-refractivity contribution in [1.29, 1.82) is 0 Å². The lowest BCUT2D eigenvalue weighted by molar-refractivity contribution is -0.00523. The van der Waals surface area contributed by atoms with Crippen LogP contribution >= 0.6 is 0 Å². The van der Waals surface area contributed by atoms with Crippen LogP contribution in [-0.2, 0) is 23.4 Å². The van der Waals surface area contributed by atoms with E-state index in [1.807, 2.05) is 12.1 Å². The molecule has 4 nitrogen and oxygen atoms in total. The Morgan fingerprint density at radius 1 is 1.07 bits per heavy atom. The van der Waals surface area contributed by atoms with E-state index in [9.17, 15) is 5.11 Å². The fraction of sp³-hybridized carbons (Fsp3) is 0.583.